The van der Waals surface area contributed by atoms with E-state index >= 15 is 0 Å². The first-order chi connectivity index (χ1) is 8.58. The first-order valence-corrected chi connectivity index (χ1v) is 6.33. The van der Waals surface area contributed by atoms with Crippen LogP contribution in [0, 0.1) is 27.7 Å². The Morgan fingerprint density at radius 1 is 0.833 bits per heavy atom. The average molecular weight is 240 g/mol. The molecule has 0 fully saturated rings. The summed E-state index contributed by atoms with van der Waals surface area (Å²) in [6.07, 6.45) is 0. The predicted octanol–water partition coefficient (Wildman–Crippen LogP) is 4.50. The molecule has 1 nitrogen and oxygen atoms in total. The van der Waals surface area contributed by atoms with Crippen molar-refractivity contribution >= 4 is 0 Å². The zero-order valence-electron chi connectivity index (χ0n) is 11.6. The predicted molar refractivity (Wildman–Crippen MR) is 76.2 cm³/mol. The number of hydrogen-bond acceptors (Lipinski definition) is 1. The van der Waals surface area contributed by atoms with E-state index in [2.05, 4.69) is 64.1 Å². The van der Waals surface area contributed by atoms with Gasteiger partial charge in [0, 0.05) is 0 Å². The highest BCUT2D eigenvalue weighted by atomic mass is 16.5. The molecule has 0 aliphatic heterocycles. The quantitative estimate of drug-likeness (QED) is 0.767. The van der Waals surface area contributed by atoms with E-state index in [1.54, 1.807) is 0 Å². The second-order valence-electron chi connectivity index (χ2n) is 4.93. The zero-order chi connectivity index (χ0) is 13.1. The third-order valence-electron chi connectivity index (χ3n) is 3.36. The van der Waals surface area contributed by atoms with Crippen LogP contribution < -0.4 is 4.74 Å². The largest absolute Gasteiger partial charge is 0.489 e. The minimum atomic E-state index is 0.642. The van der Waals surface area contributed by atoms with Crippen LogP contribution in [0.3, 0.4) is 0 Å². The molecule has 0 unspecified atom stereocenters. The molecule has 0 radical (unpaired) electrons. The molecule has 0 atom stereocenters. The van der Waals surface area contributed by atoms with Gasteiger partial charge < -0.3 is 4.74 Å². The smallest absolute Gasteiger partial charge is 0.122 e. The summed E-state index contributed by atoms with van der Waals surface area (Å²) in [4.78, 5) is 0. The fourth-order valence-corrected chi connectivity index (χ4v) is 2.09. The summed E-state index contributed by atoms with van der Waals surface area (Å²) >= 11 is 0. The van der Waals surface area contributed by atoms with Crippen LogP contribution in [0.2, 0.25) is 0 Å². The molecule has 0 bridgehead atoms. The van der Waals surface area contributed by atoms with Crippen LogP contribution in [0.5, 0.6) is 5.75 Å². The van der Waals surface area contributed by atoms with Crippen molar-refractivity contribution in [2.45, 2.75) is 34.3 Å². The fourth-order valence-electron chi connectivity index (χ4n) is 2.09. The Morgan fingerprint density at radius 3 is 2.17 bits per heavy atom. The molecule has 94 valence electrons. The Kier molecular flexibility index (Phi) is 3.71. The first kappa shape index (κ1) is 12.7. The van der Waals surface area contributed by atoms with Crippen molar-refractivity contribution in [2.75, 3.05) is 0 Å². The lowest BCUT2D eigenvalue weighted by Gasteiger charge is -2.13. The maximum absolute atomic E-state index is 5.97. The van der Waals surface area contributed by atoms with Gasteiger partial charge in [-0.3, -0.25) is 0 Å². The molecular weight excluding hydrogens is 220 g/mol. The highest BCUT2D eigenvalue weighted by Gasteiger charge is 2.05. The van der Waals surface area contributed by atoms with Crippen molar-refractivity contribution in [3.8, 4) is 5.75 Å². The Morgan fingerprint density at radius 2 is 1.50 bits per heavy atom. The average Bonchev–Trinajstić information content (AvgIpc) is 2.33. The fraction of sp³-hybridized carbons (Fsp3) is 0.294. The summed E-state index contributed by atoms with van der Waals surface area (Å²) in [6, 6.07) is 12.7. The maximum atomic E-state index is 5.97. The summed E-state index contributed by atoms with van der Waals surface area (Å²) < 4.78 is 5.97. The number of rotatable bonds is 3. The van der Waals surface area contributed by atoms with Gasteiger partial charge in [-0.15, -0.1) is 0 Å². The van der Waals surface area contributed by atoms with Crippen LogP contribution in [-0.2, 0) is 6.61 Å². The van der Waals surface area contributed by atoms with Gasteiger partial charge in [0.15, 0.2) is 0 Å². The summed E-state index contributed by atoms with van der Waals surface area (Å²) in [5.41, 5.74) is 6.29. The summed E-state index contributed by atoms with van der Waals surface area (Å²) in [7, 11) is 0. The van der Waals surface area contributed by atoms with E-state index in [4.69, 9.17) is 4.74 Å². The summed E-state index contributed by atoms with van der Waals surface area (Å²) in [5, 5.41) is 0. The number of benzene rings is 2. The standard InChI is InChI=1S/C17H20O/c1-12-8-9-15(4)17(10-12)18-11-16-13(2)6-5-7-14(16)3/h5-10H,11H2,1-4H3. The molecule has 0 N–H and O–H groups in total. The van der Waals surface area contributed by atoms with Gasteiger partial charge in [0.2, 0.25) is 0 Å². The lowest BCUT2D eigenvalue weighted by Crippen LogP contribution is -2.01. The Labute approximate surface area is 109 Å². The van der Waals surface area contributed by atoms with Crippen molar-refractivity contribution in [3.05, 3.63) is 64.2 Å². The van der Waals surface area contributed by atoms with Crippen LogP contribution in [0.1, 0.15) is 27.8 Å². The highest BCUT2D eigenvalue weighted by molar-refractivity contribution is 5.37. The molecule has 0 amide bonds. The Balaban J connectivity index is 2.19. The van der Waals surface area contributed by atoms with Crippen molar-refractivity contribution < 1.29 is 4.74 Å². The topological polar surface area (TPSA) is 9.23 Å². The van der Waals surface area contributed by atoms with Gasteiger partial charge in [-0.05, 0) is 61.6 Å². The van der Waals surface area contributed by atoms with Crippen molar-refractivity contribution in [2.24, 2.45) is 0 Å². The van der Waals surface area contributed by atoms with Gasteiger partial charge in [-0.2, -0.15) is 0 Å². The lowest BCUT2D eigenvalue weighted by molar-refractivity contribution is 0.302. The molecule has 2 aromatic rings. The monoisotopic (exact) mass is 240 g/mol. The number of aryl methyl sites for hydroxylation is 4. The highest BCUT2D eigenvalue weighted by Crippen LogP contribution is 2.22. The van der Waals surface area contributed by atoms with E-state index in [1.165, 1.54) is 27.8 Å². The minimum Gasteiger partial charge on any atom is -0.489 e. The first-order valence-electron chi connectivity index (χ1n) is 6.33. The van der Waals surface area contributed by atoms with Gasteiger partial charge in [0.1, 0.15) is 12.4 Å². The van der Waals surface area contributed by atoms with Crippen LogP contribution in [-0.4, -0.2) is 0 Å². The van der Waals surface area contributed by atoms with Crippen LogP contribution in [0.25, 0.3) is 0 Å². The van der Waals surface area contributed by atoms with Crippen LogP contribution in [0.15, 0.2) is 36.4 Å². The second-order valence-corrected chi connectivity index (χ2v) is 4.93. The second kappa shape index (κ2) is 5.26. The molecule has 0 aliphatic carbocycles. The molecule has 0 saturated heterocycles. The van der Waals surface area contributed by atoms with Crippen molar-refractivity contribution in [1.29, 1.82) is 0 Å². The summed E-state index contributed by atoms with van der Waals surface area (Å²) in [5.74, 6) is 0.984. The summed E-state index contributed by atoms with van der Waals surface area (Å²) in [6.45, 7) is 9.08. The minimum absolute atomic E-state index is 0.642. The SMILES string of the molecule is Cc1ccc(C)c(OCc2c(C)cccc2C)c1. The molecular formula is C17H20O. The van der Waals surface area contributed by atoms with Crippen LogP contribution >= 0.6 is 0 Å². The van der Waals surface area contributed by atoms with Crippen molar-refractivity contribution in [1.82, 2.24) is 0 Å². The molecule has 0 heterocycles. The number of ether oxygens (including phenoxy) is 1. The normalized spacial score (nSPS) is 10.4. The molecule has 2 aromatic carbocycles. The van der Waals surface area contributed by atoms with Gasteiger partial charge in [-0.1, -0.05) is 30.3 Å². The van der Waals surface area contributed by atoms with E-state index in [9.17, 15) is 0 Å². The molecule has 0 spiro atoms. The Hall–Kier alpha value is -1.76. The van der Waals surface area contributed by atoms with Gasteiger partial charge in [0.05, 0.1) is 0 Å². The molecule has 2 rings (SSSR count). The number of hydrogen-bond donors (Lipinski definition) is 0. The van der Waals surface area contributed by atoms with E-state index in [1.807, 2.05) is 0 Å². The molecule has 0 aliphatic rings. The van der Waals surface area contributed by atoms with E-state index in [0.717, 1.165) is 5.75 Å². The maximum Gasteiger partial charge on any atom is 0.122 e. The van der Waals surface area contributed by atoms with Crippen molar-refractivity contribution in [3.63, 3.8) is 0 Å². The van der Waals surface area contributed by atoms with Gasteiger partial charge in [0.25, 0.3) is 0 Å². The van der Waals surface area contributed by atoms with E-state index < -0.39 is 0 Å². The van der Waals surface area contributed by atoms with Crippen LogP contribution in [0.4, 0.5) is 0 Å². The molecule has 0 saturated carbocycles. The molecule has 18 heavy (non-hydrogen) atoms. The van der Waals surface area contributed by atoms with E-state index in [0.29, 0.717) is 6.61 Å². The molecule has 1 heteroatoms. The van der Waals surface area contributed by atoms with Gasteiger partial charge in [-0.25, -0.2) is 0 Å². The molecule has 0 aromatic heterocycles. The Bertz CT molecular complexity index is 535. The third-order valence-corrected chi connectivity index (χ3v) is 3.36. The van der Waals surface area contributed by atoms with Gasteiger partial charge >= 0.3 is 0 Å². The lowest BCUT2D eigenvalue weighted by atomic mass is 10.0. The zero-order valence-corrected chi connectivity index (χ0v) is 11.6. The third kappa shape index (κ3) is 2.73. The van der Waals surface area contributed by atoms with E-state index in [-0.39, 0.29) is 0 Å².